The van der Waals surface area contributed by atoms with Crippen LogP contribution in [0.1, 0.15) is 27.0 Å². The Kier molecular flexibility index (Phi) is 10.2. The van der Waals surface area contributed by atoms with Gasteiger partial charge in [-0.15, -0.1) is 0 Å². The largest absolute Gasteiger partial charge is 0.497 e. The molecule has 13 heteroatoms. The highest BCUT2D eigenvalue weighted by molar-refractivity contribution is 14.1. The molecular formula is C33H26IN3O8S. The van der Waals surface area contributed by atoms with E-state index in [0.29, 0.717) is 47.7 Å². The number of non-ortho nitro benzene ring substituents is 1. The molecule has 1 N–H and O–H groups in total. The Hall–Kier alpha value is -4.89. The van der Waals surface area contributed by atoms with Gasteiger partial charge < -0.3 is 19.3 Å². The molecule has 4 aromatic carbocycles. The van der Waals surface area contributed by atoms with E-state index in [1.165, 1.54) is 43.1 Å². The molecule has 4 aromatic rings. The molecule has 1 aliphatic heterocycles. The fourth-order valence-electron chi connectivity index (χ4n) is 4.46. The van der Waals surface area contributed by atoms with Gasteiger partial charge in [-0.05, 0) is 106 Å². The first-order valence-electron chi connectivity index (χ1n) is 13.6. The van der Waals surface area contributed by atoms with Gasteiger partial charge in [-0.1, -0.05) is 24.3 Å². The van der Waals surface area contributed by atoms with E-state index in [4.69, 9.17) is 19.2 Å². The average molecular weight is 752 g/mol. The molecule has 1 amide bonds. The highest BCUT2D eigenvalue weighted by Crippen LogP contribution is 2.39. The van der Waals surface area contributed by atoms with Gasteiger partial charge in [0.1, 0.15) is 12.4 Å². The van der Waals surface area contributed by atoms with Crippen molar-refractivity contribution in [2.24, 2.45) is 4.99 Å². The van der Waals surface area contributed by atoms with E-state index in [1.54, 1.807) is 72.7 Å². The lowest BCUT2D eigenvalue weighted by molar-refractivity contribution is -0.384. The maximum atomic E-state index is 13.8. The maximum Gasteiger partial charge on any atom is 0.335 e. The standard InChI is InChI=1S/C33H26IN3O8S/c1-43-26-12-10-24(11-13-26)35-33-36(18-20-6-8-23(9-7-20)32(39)40)31(38)29(46-33)17-22-15-27(34)30(28(16-22)44-2)45-19-21-4-3-5-25(14-21)37(41)42/h3-17H,18-19H2,1-2H3,(H,39,40)/b29-17-,35-33?. The second kappa shape index (κ2) is 14.5. The number of amides is 1. The number of benzene rings is 4. The van der Waals surface area contributed by atoms with Crippen LogP contribution in [0.3, 0.4) is 0 Å². The predicted octanol–water partition coefficient (Wildman–Crippen LogP) is 7.30. The van der Waals surface area contributed by atoms with Gasteiger partial charge in [-0.2, -0.15) is 0 Å². The van der Waals surface area contributed by atoms with Crippen LogP contribution in [-0.4, -0.2) is 46.2 Å². The summed E-state index contributed by atoms with van der Waals surface area (Å²) in [5.41, 5.74) is 2.82. The van der Waals surface area contributed by atoms with Gasteiger partial charge in [-0.3, -0.25) is 19.8 Å². The number of carboxylic acids is 1. The summed E-state index contributed by atoms with van der Waals surface area (Å²) in [4.78, 5) is 42.5. The second-order valence-corrected chi connectivity index (χ2v) is 12.0. The number of aliphatic imine (C=N–C) groups is 1. The number of carboxylic acid groups (broad SMARTS) is 1. The number of nitrogens with zero attached hydrogens (tertiary/aromatic N) is 3. The monoisotopic (exact) mass is 751 g/mol. The number of methoxy groups -OCH3 is 2. The van der Waals surface area contributed by atoms with Gasteiger partial charge in [-0.25, -0.2) is 9.79 Å². The summed E-state index contributed by atoms with van der Waals surface area (Å²) in [6.45, 7) is 0.278. The van der Waals surface area contributed by atoms with Gasteiger partial charge >= 0.3 is 5.97 Å². The van der Waals surface area contributed by atoms with E-state index in [9.17, 15) is 24.8 Å². The zero-order chi connectivity index (χ0) is 32.8. The molecule has 1 aliphatic rings. The van der Waals surface area contributed by atoms with E-state index in [0.717, 1.165) is 5.56 Å². The number of carbonyl (C=O) groups excluding carboxylic acids is 1. The quantitative estimate of drug-likeness (QED) is 0.0724. The summed E-state index contributed by atoms with van der Waals surface area (Å²) in [6, 6.07) is 23.3. The molecule has 0 bridgehead atoms. The van der Waals surface area contributed by atoms with E-state index < -0.39 is 10.9 Å². The van der Waals surface area contributed by atoms with Gasteiger partial charge in [0.15, 0.2) is 16.7 Å². The molecule has 0 atom stereocenters. The summed E-state index contributed by atoms with van der Waals surface area (Å²) in [7, 11) is 3.09. The first kappa shape index (κ1) is 32.5. The number of hydrogen-bond acceptors (Lipinski definition) is 9. The SMILES string of the molecule is COc1ccc(N=C2S/C(=C\c3cc(I)c(OCc4cccc([N+](=O)[O-])c4)c(OC)c3)C(=O)N2Cc2ccc(C(=O)O)cc2)cc1. The first-order chi connectivity index (χ1) is 22.1. The normalized spacial score (nSPS) is 14.5. The van der Waals surface area contributed by atoms with Crippen LogP contribution in [-0.2, 0) is 17.9 Å². The number of amidine groups is 1. The Morgan fingerprint density at radius 3 is 2.41 bits per heavy atom. The molecule has 46 heavy (non-hydrogen) atoms. The minimum Gasteiger partial charge on any atom is -0.497 e. The molecule has 0 spiro atoms. The summed E-state index contributed by atoms with van der Waals surface area (Å²) >= 11 is 3.34. The van der Waals surface area contributed by atoms with Crippen LogP contribution in [0, 0.1) is 13.7 Å². The Balaban J connectivity index is 1.43. The third kappa shape index (κ3) is 7.66. The van der Waals surface area contributed by atoms with Gasteiger partial charge in [0.25, 0.3) is 11.6 Å². The highest BCUT2D eigenvalue weighted by atomic mass is 127. The van der Waals surface area contributed by atoms with Crippen LogP contribution in [0.4, 0.5) is 11.4 Å². The van der Waals surface area contributed by atoms with Crippen molar-refractivity contribution < 1.29 is 33.8 Å². The summed E-state index contributed by atoms with van der Waals surface area (Å²) in [6.07, 6.45) is 1.75. The number of rotatable bonds is 11. The predicted molar refractivity (Wildman–Crippen MR) is 183 cm³/mol. The van der Waals surface area contributed by atoms with Crippen LogP contribution in [0.5, 0.6) is 17.2 Å². The zero-order valence-electron chi connectivity index (χ0n) is 24.5. The van der Waals surface area contributed by atoms with Crippen LogP contribution in [0.15, 0.2) is 94.8 Å². The fourth-order valence-corrected chi connectivity index (χ4v) is 6.24. The third-order valence-electron chi connectivity index (χ3n) is 6.78. The molecule has 5 rings (SSSR count). The molecule has 0 unspecified atom stereocenters. The van der Waals surface area contributed by atoms with Crippen LogP contribution >= 0.6 is 34.4 Å². The number of halogens is 1. The Bertz CT molecular complexity index is 1860. The lowest BCUT2D eigenvalue weighted by atomic mass is 10.1. The molecule has 0 aliphatic carbocycles. The molecule has 1 fully saturated rings. The molecule has 234 valence electrons. The molecule has 1 heterocycles. The summed E-state index contributed by atoms with van der Waals surface area (Å²) in [5, 5.41) is 20.9. The molecule has 0 aromatic heterocycles. The van der Waals surface area contributed by atoms with E-state index in [2.05, 4.69) is 22.6 Å². The van der Waals surface area contributed by atoms with Crippen molar-refractivity contribution >= 4 is 68.8 Å². The molecule has 11 nitrogen and oxygen atoms in total. The van der Waals surface area contributed by atoms with Crippen molar-refractivity contribution in [3.63, 3.8) is 0 Å². The summed E-state index contributed by atoms with van der Waals surface area (Å²) < 4.78 is 17.6. The number of thioether (sulfide) groups is 1. The number of carbonyl (C=O) groups is 2. The van der Waals surface area contributed by atoms with Crippen molar-refractivity contribution in [1.82, 2.24) is 4.90 Å². The minimum absolute atomic E-state index is 0.0234. The van der Waals surface area contributed by atoms with E-state index in [-0.39, 0.29) is 30.3 Å². The lowest BCUT2D eigenvalue weighted by Gasteiger charge is -2.16. The molecule has 0 radical (unpaired) electrons. The number of nitro benzene ring substituents is 1. The number of aromatic carboxylic acids is 1. The zero-order valence-corrected chi connectivity index (χ0v) is 27.5. The lowest BCUT2D eigenvalue weighted by Crippen LogP contribution is -2.28. The van der Waals surface area contributed by atoms with Crippen molar-refractivity contribution in [3.05, 3.63) is 126 Å². The maximum absolute atomic E-state index is 13.8. The summed E-state index contributed by atoms with van der Waals surface area (Å²) in [5.74, 6) is 0.282. The van der Waals surface area contributed by atoms with Gasteiger partial charge in [0, 0.05) is 12.1 Å². The minimum atomic E-state index is -1.03. The van der Waals surface area contributed by atoms with Crippen molar-refractivity contribution in [1.29, 1.82) is 0 Å². The second-order valence-electron chi connectivity index (χ2n) is 9.85. The van der Waals surface area contributed by atoms with Crippen molar-refractivity contribution in [2.45, 2.75) is 13.2 Å². The first-order valence-corrected chi connectivity index (χ1v) is 15.5. The Morgan fingerprint density at radius 1 is 1.02 bits per heavy atom. The topological polar surface area (TPSA) is 141 Å². The van der Waals surface area contributed by atoms with Crippen LogP contribution in [0.25, 0.3) is 6.08 Å². The fraction of sp³-hybridized carbons (Fsp3) is 0.121. The van der Waals surface area contributed by atoms with Crippen molar-refractivity contribution in [3.8, 4) is 17.2 Å². The molecule has 0 saturated carbocycles. The van der Waals surface area contributed by atoms with Crippen LogP contribution in [0.2, 0.25) is 0 Å². The van der Waals surface area contributed by atoms with Gasteiger partial charge in [0.2, 0.25) is 0 Å². The van der Waals surface area contributed by atoms with E-state index in [1.807, 2.05) is 6.07 Å². The van der Waals surface area contributed by atoms with Crippen molar-refractivity contribution in [2.75, 3.05) is 14.2 Å². The average Bonchev–Trinajstić information content (AvgIpc) is 3.33. The number of ether oxygens (including phenoxy) is 3. The Labute approximate surface area is 281 Å². The Morgan fingerprint density at radius 2 is 1.76 bits per heavy atom. The number of hydrogen-bond donors (Lipinski definition) is 1. The molecular weight excluding hydrogens is 725 g/mol. The molecule has 1 saturated heterocycles. The number of nitro groups is 1. The van der Waals surface area contributed by atoms with Crippen LogP contribution < -0.4 is 14.2 Å². The van der Waals surface area contributed by atoms with E-state index >= 15 is 0 Å². The highest BCUT2D eigenvalue weighted by Gasteiger charge is 2.33. The smallest absolute Gasteiger partial charge is 0.335 e. The third-order valence-corrected chi connectivity index (χ3v) is 8.59. The van der Waals surface area contributed by atoms with Gasteiger partial charge in [0.05, 0.1) is 45.4 Å².